The Kier molecular flexibility index (Phi) is 5.32. The van der Waals surface area contributed by atoms with Crippen molar-refractivity contribution in [1.82, 2.24) is 10.2 Å². The van der Waals surface area contributed by atoms with Crippen LogP contribution >= 0.6 is 22.6 Å². The second kappa shape index (κ2) is 7.22. The number of anilines is 1. The number of H-pyrrole nitrogens is 1. The third-order valence-electron chi connectivity index (χ3n) is 2.85. The van der Waals surface area contributed by atoms with Gasteiger partial charge in [-0.15, -0.1) is 0 Å². The van der Waals surface area contributed by atoms with E-state index < -0.39 is 17.8 Å². The molecule has 0 atom stereocenters. The quantitative estimate of drug-likeness (QED) is 0.567. The van der Waals surface area contributed by atoms with Gasteiger partial charge in [0.1, 0.15) is 5.69 Å². The first-order valence-electron chi connectivity index (χ1n) is 6.28. The van der Waals surface area contributed by atoms with E-state index in [9.17, 15) is 14.4 Å². The summed E-state index contributed by atoms with van der Waals surface area (Å²) in [4.78, 5) is 35.6. The Labute approximate surface area is 144 Å². The van der Waals surface area contributed by atoms with Gasteiger partial charge in [0.2, 0.25) is 0 Å². The summed E-state index contributed by atoms with van der Waals surface area (Å²) >= 11 is 1.96. The van der Waals surface area contributed by atoms with Gasteiger partial charge in [-0.25, -0.2) is 9.59 Å². The van der Waals surface area contributed by atoms with Crippen LogP contribution in [0.4, 0.5) is 5.69 Å². The van der Waals surface area contributed by atoms with Gasteiger partial charge in [0.05, 0.1) is 35.1 Å². The molecule has 23 heavy (non-hydrogen) atoms. The van der Waals surface area contributed by atoms with E-state index in [0.717, 1.165) is 0 Å². The van der Waals surface area contributed by atoms with Crippen molar-refractivity contribution in [2.75, 3.05) is 19.5 Å². The molecular weight excluding hydrogens is 417 g/mol. The zero-order chi connectivity index (χ0) is 17.0. The van der Waals surface area contributed by atoms with Crippen molar-refractivity contribution >= 4 is 46.1 Å². The number of benzene rings is 1. The van der Waals surface area contributed by atoms with Gasteiger partial charge in [-0.05, 0) is 40.8 Å². The average molecular weight is 429 g/mol. The summed E-state index contributed by atoms with van der Waals surface area (Å²) in [5, 5.41) is 8.92. The number of esters is 2. The van der Waals surface area contributed by atoms with Gasteiger partial charge in [0, 0.05) is 5.69 Å². The Morgan fingerprint density at radius 1 is 1.09 bits per heavy atom. The maximum atomic E-state index is 12.2. The number of carbonyl (C=O) groups is 3. The molecule has 0 saturated heterocycles. The van der Waals surface area contributed by atoms with Gasteiger partial charge in [-0.1, -0.05) is 0 Å². The summed E-state index contributed by atoms with van der Waals surface area (Å²) in [6, 6.07) is 4.13. The standard InChI is InChI=1S/C14H12IN3O5/c1-22-13(20)7-3-8(14(21)23-2)5-9(4-7)17-12(19)11-10(15)6-16-18-11/h3-6H,1-2H3,(H,16,18)(H,17,19). The maximum Gasteiger partial charge on any atom is 0.337 e. The van der Waals surface area contributed by atoms with Crippen LogP contribution in [0.3, 0.4) is 0 Å². The van der Waals surface area contributed by atoms with Crippen molar-refractivity contribution in [1.29, 1.82) is 0 Å². The van der Waals surface area contributed by atoms with Crippen molar-refractivity contribution in [2.45, 2.75) is 0 Å². The van der Waals surface area contributed by atoms with E-state index >= 15 is 0 Å². The van der Waals surface area contributed by atoms with Crippen LogP contribution in [0.2, 0.25) is 0 Å². The minimum absolute atomic E-state index is 0.116. The number of aromatic nitrogens is 2. The third kappa shape index (κ3) is 3.86. The zero-order valence-electron chi connectivity index (χ0n) is 12.2. The molecular formula is C14H12IN3O5. The fraction of sp³-hybridized carbons (Fsp3) is 0.143. The van der Waals surface area contributed by atoms with Crippen LogP contribution in [-0.4, -0.2) is 42.3 Å². The number of nitrogens with zero attached hydrogens (tertiary/aromatic N) is 1. The lowest BCUT2D eigenvalue weighted by molar-refractivity contribution is 0.0599. The summed E-state index contributed by atoms with van der Waals surface area (Å²) in [5.74, 6) is -1.73. The van der Waals surface area contributed by atoms with E-state index in [1.807, 2.05) is 22.6 Å². The normalized spacial score (nSPS) is 10.0. The van der Waals surface area contributed by atoms with Crippen molar-refractivity contribution in [3.63, 3.8) is 0 Å². The zero-order valence-corrected chi connectivity index (χ0v) is 14.3. The predicted octanol–water partition coefficient (Wildman–Crippen LogP) is 1.84. The number of nitrogens with one attached hydrogen (secondary N) is 2. The molecule has 1 heterocycles. The van der Waals surface area contributed by atoms with Crippen molar-refractivity contribution < 1.29 is 23.9 Å². The Bertz CT molecular complexity index is 737. The predicted molar refractivity (Wildman–Crippen MR) is 88.4 cm³/mol. The van der Waals surface area contributed by atoms with E-state index in [0.29, 0.717) is 3.57 Å². The Hall–Kier alpha value is -2.43. The highest BCUT2D eigenvalue weighted by molar-refractivity contribution is 14.1. The molecule has 1 aromatic carbocycles. The van der Waals surface area contributed by atoms with Crippen LogP contribution in [-0.2, 0) is 9.47 Å². The molecule has 0 saturated carbocycles. The molecule has 0 unspecified atom stereocenters. The fourth-order valence-corrected chi connectivity index (χ4v) is 2.30. The van der Waals surface area contributed by atoms with Crippen LogP contribution in [0.5, 0.6) is 0 Å². The van der Waals surface area contributed by atoms with Gasteiger partial charge < -0.3 is 14.8 Å². The fourth-order valence-electron chi connectivity index (χ4n) is 1.80. The van der Waals surface area contributed by atoms with Crippen LogP contribution < -0.4 is 5.32 Å². The van der Waals surface area contributed by atoms with Crippen LogP contribution in [0.25, 0.3) is 0 Å². The Morgan fingerprint density at radius 3 is 2.09 bits per heavy atom. The molecule has 0 aliphatic rings. The minimum atomic E-state index is -0.637. The SMILES string of the molecule is COC(=O)c1cc(NC(=O)c2[nH]ncc2I)cc(C(=O)OC)c1. The van der Waals surface area contributed by atoms with Crippen molar-refractivity contribution in [3.05, 3.63) is 44.8 Å². The van der Waals surface area contributed by atoms with E-state index in [-0.39, 0.29) is 22.5 Å². The number of methoxy groups -OCH3 is 2. The first kappa shape index (κ1) is 16.9. The van der Waals surface area contributed by atoms with E-state index in [1.165, 1.54) is 38.6 Å². The molecule has 1 amide bonds. The van der Waals surface area contributed by atoms with Gasteiger partial charge in [0.15, 0.2) is 0 Å². The molecule has 8 nitrogen and oxygen atoms in total. The molecule has 2 N–H and O–H groups in total. The molecule has 0 radical (unpaired) electrons. The lowest BCUT2D eigenvalue weighted by atomic mass is 10.1. The highest BCUT2D eigenvalue weighted by Gasteiger charge is 2.17. The number of aromatic amines is 1. The first-order chi connectivity index (χ1) is 11.0. The Balaban J connectivity index is 2.37. The largest absolute Gasteiger partial charge is 0.465 e. The number of halogens is 1. The molecule has 0 aliphatic heterocycles. The van der Waals surface area contributed by atoms with Crippen LogP contribution in [0.1, 0.15) is 31.2 Å². The van der Waals surface area contributed by atoms with Gasteiger partial charge >= 0.3 is 11.9 Å². The van der Waals surface area contributed by atoms with Crippen molar-refractivity contribution in [3.8, 4) is 0 Å². The highest BCUT2D eigenvalue weighted by Crippen LogP contribution is 2.18. The Morgan fingerprint density at radius 2 is 1.65 bits per heavy atom. The molecule has 2 aromatic rings. The van der Waals surface area contributed by atoms with Gasteiger partial charge in [-0.2, -0.15) is 5.10 Å². The number of amides is 1. The third-order valence-corrected chi connectivity index (χ3v) is 3.67. The summed E-state index contributed by atoms with van der Waals surface area (Å²) in [5.41, 5.74) is 0.757. The summed E-state index contributed by atoms with van der Waals surface area (Å²) in [6.07, 6.45) is 1.50. The summed E-state index contributed by atoms with van der Waals surface area (Å²) in [6.45, 7) is 0. The van der Waals surface area contributed by atoms with E-state index in [2.05, 4.69) is 25.0 Å². The van der Waals surface area contributed by atoms with E-state index in [1.54, 1.807) is 0 Å². The smallest absolute Gasteiger partial charge is 0.337 e. The van der Waals surface area contributed by atoms with Gasteiger partial charge in [-0.3, -0.25) is 9.89 Å². The summed E-state index contributed by atoms with van der Waals surface area (Å²) < 4.78 is 9.91. The van der Waals surface area contributed by atoms with E-state index in [4.69, 9.17) is 0 Å². The molecule has 2 rings (SSSR count). The average Bonchev–Trinajstić information content (AvgIpc) is 2.99. The number of hydrogen-bond donors (Lipinski definition) is 2. The van der Waals surface area contributed by atoms with Crippen molar-refractivity contribution in [2.24, 2.45) is 0 Å². The monoisotopic (exact) mass is 429 g/mol. The number of rotatable bonds is 4. The van der Waals surface area contributed by atoms with Gasteiger partial charge in [0.25, 0.3) is 5.91 Å². The highest BCUT2D eigenvalue weighted by atomic mass is 127. The molecule has 0 bridgehead atoms. The molecule has 9 heteroatoms. The minimum Gasteiger partial charge on any atom is -0.465 e. The second-order valence-corrected chi connectivity index (χ2v) is 5.49. The lowest BCUT2D eigenvalue weighted by Gasteiger charge is -2.09. The molecule has 120 valence electrons. The van der Waals surface area contributed by atoms with Crippen LogP contribution in [0.15, 0.2) is 24.4 Å². The molecule has 0 spiro atoms. The topological polar surface area (TPSA) is 110 Å². The lowest BCUT2D eigenvalue weighted by Crippen LogP contribution is -2.15. The van der Waals surface area contributed by atoms with Crippen LogP contribution in [0, 0.1) is 3.57 Å². The summed E-state index contributed by atoms with van der Waals surface area (Å²) in [7, 11) is 2.44. The molecule has 0 fully saturated rings. The first-order valence-corrected chi connectivity index (χ1v) is 7.36. The second-order valence-electron chi connectivity index (χ2n) is 4.33. The number of carbonyl (C=O) groups excluding carboxylic acids is 3. The molecule has 0 aliphatic carbocycles. The number of ether oxygens (including phenoxy) is 2. The maximum absolute atomic E-state index is 12.2. The number of hydrogen-bond acceptors (Lipinski definition) is 6. The molecule has 1 aromatic heterocycles.